The van der Waals surface area contributed by atoms with Gasteiger partial charge in [0, 0.05) is 24.8 Å². The van der Waals surface area contributed by atoms with E-state index in [4.69, 9.17) is 11.6 Å². The minimum absolute atomic E-state index is 0.0304. The molecule has 29 heavy (non-hydrogen) atoms. The van der Waals surface area contributed by atoms with Gasteiger partial charge in [0.15, 0.2) is 0 Å². The number of amides is 1. The van der Waals surface area contributed by atoms with Crippen LogP contribution in [0, 0.1) is 10.1 Å². The third-order valence-corrected chi connectivity index (χ3v) is 4.61. The van der Waals surface area contributed by atoms with E-state index in [0.717, 1.165) is 11.1 Å². The van der Waals surface area contributed by atoms with Gasteiger partial charge in [-0.05, 0) is 23.3 Å². The molecule has 0 saturated heterocycles. The Hall–Kier alpha value is -3.22. The second kappa shape index (κ2) is 9.82. The van der Waals surface area contributed by atoms with Crippen LogP contribution in [0.25, 0.3) is 0 Å². The number of nitro benzene ring substituents is 1. The molecule has 0 saturated carbocycles. The molecule has 0 unspecified atom stereocenters. The van der Waals surface area contributed by atoms with E-state index in [1.54, 1.807) is 6.07 Å². The van der Waals surface area contributed by atoms with Crippen LogP contribution in [-0.2, 0) is 17.9 Å². The molecule has 6 nitrogen and oxygen atoms in total. The highest BCUT2D eigenvalue weighted by Crippen LogP contribution is 2.27. The highest BCUT2D eigenvalue weighted by Gasteiger charge is 2.16. The number of halogens is 1. The smallest absolute Gasteiger partial charge is 0.289 e. The number of hydrogen-bond acceptors (Lipinski definition) is 4. The van der Waals surface area contributed by atoms with Crippen molar-refractivity contribution in [3.8, 4) is 0 Å². The summed E-state index contributed by atoms with van der Waals surface area (Å²) in [5.41, 5.74) is 2.29. The molecule has 0 aliphatic rings. The number of rotatable bonds is 8. The van der Waals surface area contributed by atoms with Gasteiger partial charge in [0.1, 0.15) is 5.02 Å². The summed E-state index contributed by atoms with van der Waals surface area (Å²) >= 11 is 5.83. The van der Waals surface area contributed by atoms with Gasteiger partial charge in [-0.2, -0.15) is 0 Å². The van der Waals surface area contributed by atoms with Crippen LogP contribution in [0.1, 0.15) is 11.1 Å². The Kier molecular flexibility index (Phi) is 6.94. The quantitative estimate of drug-likeness (QED) is 0.424. The summed E-state index contributed by atoms with van der Waals surface area (Å²) in [6.45, 7) is 1.34. The van der Waals surface area contributed by atoms with Crippen molar-refractivity contribution >= 4 is 28.9 Å². The fourth-order valence-electron chi connectivity index (χ4n) is 2.98. The maximum Gasteiger partial charge on any atom is 0.289 e. The van der Waals surface area contributed by atoms with E-state index in [1.165, 1.54) is 12.1 Å². The van der Waals surface area contributed by atoms with Crippen molar-refractivity contribution < 1.29 is 9.72 Å². The SMILES string of the molecule is O=C(CN(Cc1ccccc1)Cc1ccccc1)Nc1ccc(Cl)c([N+](=O)[O-])c1. The number of nitrogens with zero attached hydrogens (tertiary/aromatic N) is 2. The monoisotopic (exact) mass is 409 g/mol. The Labute approximate surface area is 173 Å². The molecule has 0 radical (unpaired) electrons. The predicted octanol–water partition coefficient (Wildman–Crippen LogP) is 4.89. The van der Waals surface area contributed by atoms with E-state index in [2.05, 4.69) is 5.32 Å². The highest BCUT2D eigenvalue weighted by molar-refractivity contribution is 6.32. The summed E-state index contributed by atoms with van der Waals surface area (Å²) in [6, 6.07) is 24.0. The lowest BCUT2D eigenvalue weighted by molar-refractivity contribution is -0.384. The largest absolute Gasteiger partial charge is 0.325 e. The van der Waals surface area contributed by atoms with Crippen LogP contribution in [0.5, 0.6) is 0 Å². The molecule has 1 amide bonds. The lowest BCUT2D eigenvalue weighted by Crippen LogP contribution is -2.32. The van der Waals surface area contributed by atoms with Gasteiger partial charge in [0.2, 0.25) is 5.91 Å². The number of nitrogens with one attached hydrogen (secondary N) is 1. The van der Waals surface area contributed by atoms with Gasteiger partial charge in [-0.25, -0.2) is 0 Å². The lowest BCUT2D eigenvalue weighted by Gasteiger charge is -2.22. The maximum absolute atomic E-state index is 12.6. The number of benzene rings is 3. The minimum atomic E-state index is -0.574. The molecule has 0 atom stereocenters. The Bertz CT molecular complexity index is 940. The number of anilines is 1. The molecule has 3 aromatic carbocycles. The zero-order chi connectivity index (χ0) is 20.6. The van der Waals surface area contributed by atoms with Crippen LogP contribution in [0.4, 0.5) is 11.4 Å². The first-order chi connectivity index (χ1) is 14.0. The summed E-state index contributed by atoms with van der Waals surface area (Å²) in [7, 11) is 0. The third-order valence-electron chi connectivity index (χ3n) is 4.29. The Morgan fingerprint density at radius 3 is 2.00 bits per heavy atom. The van der Waals surface area contributed by atoms with Gasteiger partial charge in [0.25, 0.3) is 5.69 Å². The molecule has 0 aliphatic carbocycles. The highest BCUT2D eigenvalue weighted by atomic mass is 35.5. The topological polar surface area (TPSA) is 75.5 Å². The molecular formula is C22H20ClN3O3. The molecule has 0 spiro atoms. The summed E-state index contributed by atoms with van der Waals surface area (Å²) in [4.78, 5) is 25.1. The normalized spacial score (nSPS) is 10.7. The first-order valence-corrected chi connectivity index (χ1v) is 9.43. The molecule has 1 N–H and O–H groups in total. The Balaban J connectivity index is 1.71. The van der Waals surface area contributed by atoms with E-state index < -0.39 is 4.92 Å². The van der Waals surface area contributed by atoms with Gasteiger partial charge in [-0.15, -0.1) is 0 Å². The fraction of sp³-hybridized carbons (Fsp3) is 0.136. The van der Waals surface area contributed by atoms with E-state index in [-0.39, 0.29) is 23.2 Å². The molecule has 3 aromatic rings. The van der Waals surface area contributed by atoms with Gasteiger partial charge in [-0.3, -0.25) is 19.8 Å². The van der Waals surface area contributed by atoms with Crippen LogP contribution >= 0.6 is 11.6 Å². The summed E-state index contributed by atoms with van der Waals surface area (Å²) in [5.74, 6) is -0.256. The first kappa shape index (κ1) is 20.5. The second-order valence-corrected chi connectivity index (χ2v) is 7.00. The number of nitro groups is 1. The molecule has 0 aliphatic heterocycles. The van der Waals surface area contributed by atoms with Crippen LogP contribution < -0.4 is 5.32 Å². The number of carbonyl (C=O) groups excluding carboxylic acids is 1. The van der Waals surface area contributed by atoms with Gasteiger partial charge in [-0.1, -0.05) is 72.3 Å². The van der Waals surface area contributed by atoms with Crippen molar-refractivity contribution in [1.82, 2.24) is 4.90 Å². The number of hydrogen-bond donors (Lipinski definition) is 1. The molecule has 148 valence electrons. The Morgan fingerprint density at radius 1 is 0.931 bits per heavy atom. The van der Waals surface area contributed by atoms with E-state index in [9.17, 15) is 14.9 Å². The van der Waals surface area contributed by atoms with Gasteiger partial charge in [0.05, 0.1) is 11.5 Å². The van der Waals surface area contributed by atoms with E-state index in [1.807, 2.05) is 65.6 Å². The third kappa shape index (κ3) is 6.14. The standard InChI is InChI=1S/C22H20ClN3O3/c23-20-12-11-19(13-21(20)26(28)29)24-22(27)16-25(14-17-7-3-1-4-8-17)15-18-9-5-2-6-10-18/h1-13H,14-16H2,(H,24,27). The predicted molar refractivity (Wildman–Crippen MR) is 114 cm³/mol. The van der Waals surface area contributed by atoms with Crippen molar-refractivity contribution in [3.05, 3.63) is 105 Å². The minimum Gasteiger partial charge on any atom is -0.325 e. The van der Waals surface area contributed by atoms with Gasteiger partial charge >= 0.3 is 0 Å². The van der Waals surface area contributed by atoms with Crippen molar-refractivity contribution in [2.75, 3.05) is 11.9 Å². The van der Waals surface area contributed by atoms with E-state index in [0.29, 0.717) is 18.8 Å². The number of carbonyl (C=O) groups is 1. The maximum atomic E-state index is 12.6. The molecule has 0 fully saturated rings. The van der Waals surface area contributed by atoms with Crippen molar-refractivity contribution in [1.29, 1.82) is 0 Å². The van der Waals surface area contributed by atoms with Crippen LogP contribution in [-0.4, -0.2) is 22.3 Å². The van der Waals surface area contributed by atoms with Crippen molar-refractivity contribution in [3.63, 3.8) is 0 Å². The van der Waals surface area contributed by atoms with Gasteiger partial charge < -0.3 is 5.32 Å². The molecule has 3 rings (SSSR count). The fourth-order valence-corrected chi connectivity index (χ4v) is 3.17. The zero-order valence-corrected chi connectivity index (χ0v) is 16.4. The van der Waals surface area contributed by atoms with Crippen LogP contribution in [0.15, 0.2) is 78.9 Å². The average Bonchev–Trinajstić information content (AvgIpc) is 2.70. The molecule has 0 heterocycles. The zero-order valence-electron chi connectivity index (χ0n) is 15.6. The Morgan fingerprint density at radius 2 is 1.48 bits per heavy atom. The first-order valence-electron chi connectivity index (χ1n) is 9.05. The molecular weight excluding hydrogens is 390 g/mol. The van der Waals surface area contributed by atoms with Crippen LogP contribution in [0.2, 0.25) is 5.02 Å². The average molecular weight is 410 g/mol. The summed E-state index contributed by atoms with van der Waals surface area (Å²) in [6.07, 6.45) is 0. The van der Waals surface area contributed by atoms with Crippen molar-refractivity contribution in [2.24, 2.45) is 0 Å². The summed E-state index contributed by atoms with van der Waals surface area (Å²) in [5, 5.41) is 13.8. The van der Waals surface area contributed by atoms with Crippen molar-refractivity contribution in [2.45, 2.75) is 13.1 Å². The molecule has 0 bridgehead atoms. The molecule has 7 heteroatoms. The summed E-state index contributed by atoms with van der Waals surface area (Å²) < 4.78 is 0. The molecule has 0 aromatic heterocycles. The lowest BCUT2D eigenvalue weighted by atomic mass is 10.1. The second-order valence-electron chi connectivity index (χ2n) is 6.59. The van der Waals surface area contributed by atoms with E-state index >= 15 is 0 Å². The van der Waals surface area contributed by atoms with Crippen LogP contribution in [0.3, 0.4) is 0 Å².